The molecule has 2 saturated carbocycles. The highest BCUT2D eigenvalue weighted by Gasteiger charge is 2.65. The predicted molar refractivity (Wildman–Crippen MR) is 89.4 cm³/mol. The summed E-state index contributed by atoms with van der Waals surface area (Å²) < 4.78 is 6.40. The molecule has 4 rings (SSSR count). The van der Waals surface area contributed by atoms with Crippen LogP contribution in [0.4, 0.5) is 0 Å². The Morgan fingerprint density at radius 3 is 2.67 bits per heavy atom. The highest BCUT2D eigenvalue weighted by atomic mass is 32.2. The van der Waals surface area contributed by atoms with E-state index in [1.807, 2.05) is 23.5 Å². The first-order chi connectivity index (χ1) is 9.99. The number of aldehydes is 1. The Kier molecular flexibility index (Phi) is 3.48. The van der Waals surface area contributed by atoms with E-state index in [1.54, 1.807) is 0 Å². The van der Waals surface area contributed by atoms with Crippen molar-refractivity contribution in [1.29, 1.82) is 0 Å². The van der Waals surface area contributed by atoms with Crippen molar-refractivity contribution < 1.29 is 9.53 Å². The molecule has 4 atom stereocenters. The van der Waals surface area contributed by atoms with Crippen LogP contribution in [0.25, 0.3) is 0 Å². The molecule has 2 aliphatic heterocycles. The summed E-state index contributed by atoms with van der Waals surface area (Å²) >= 11 is 4.08. The van der Waals surface area contributed by atoms with E-state index in [0.717, 1.165) is 18.9 Å². The van der Waals surface area contributed by atoms with Gasteiger partial charge in [-0.2, -0.15) is 0 Å². The molecule has 0 bridgehead atoms. The fraction of sp³-hybridized carbons (Fsp3) is 0.941. The van der Waals surface area contributed by atoms with Gasteiger partial charge >= 0.3 is 0 Å². The van der Waals surface area contributed by atoms with Crippen molar-refractivity contribution in [1.82, 2.24) is 0 Å². The number of carbonyl (C=O) groups is 1. The van der Waals surface area contributed by atoms with Gasteiger partial charge in [-0.25, -0.2) is 0 Å². The molecule has 0 radical (unpaired) electrons. The Balaban J connectivity index is 1.68. The van der Waals surface area contributed by atoms with E-state index in [9.17, 15) is 4.79 Å². The van der Waals surface area contributed by atoms with Crippen molar-refractivity contribution in [3.8, 4) is 0 Å². The Hall–Kier alpha value is 0.330. The average molecular weight is 327 g/mol. The minimum Gasteiger partial charge on any atom is -0.355 e. The predicted octanol–water partition coefficient (Wildman–Crippen LogP) is 4.19. The molecule has 0 aromatic rings. The monoisotopic (exact) mass is 326 g/mol. The molecule has 2 heterocycles. The van der Waals surface area contributed by atoms with Crippen molar-refractivity contribution in [2.45, 2.75) is 50.2 Å². The summed E-state index contributed by atoms with van der Waals surface area (Å²) in [6, 6.07) is 0. The Morgan fingerprint density at radius 1 is 1.19 bits per heavy atom. The van der Waals surface area contributed by atoms with Crippen LogP contribution in [0.1, 0.15) is 46.0 Å². The number of hydrogen-bond acceptors (Lipinski definition) is 4. The molecule has 4 heteroatoms. The van der Waals surface area contributed by atoms with Crippen LogP contribution >= 0.6 is 23.5 Å². The second-order valence-electron chi connectivity index (χ2n) is 8.34. The normalized spacial score (nSPS) is 47.0. The average Bonchev–Trinajstić information content (AvgIpc) is 2.83. The first kappa shape index (κ1) is 14.9. The Morgan fingerprint density at radius 2 is 1.95 bits per heavy atom. The van der Waals surface area contributed by atoms with E-state index in [-0.39, 0.29) is 10.2 Å². The number of thioether (sulfide) groups is 2. The highest BCUT2D eigenvalue weighted by Crippen LogP contribution is 2.71. The number of rotatable bonds is 1. The van der Waals surface area contributed by atoms with Crippen molar-refractivity contribution in [2.75, 3.05) is 18.1 Å². The van der Waals surface area contributed by atoms with Crippen LogP contribution in [0, 0.1) is 28.6 Å². The molecular formula is C17H26O2S2. The van der Waals surface area contributed by atoms with Crippen molar-refractivity contribution in [2.24, 2.45) is 28.6 Å². The number of carbonyl (C=O) groups excluding carboxylic acids is 1. The van der Waals surface area contributed by atoms with Gasteiger partial charge in [0.05, 0.1) is 6.61 Å². The fourth-order valence-corrected chi connectivity index (χ4v) is 9.10. The highest BCUT2D eigenvalue weighted by molar-refractivity contribution is 8.18. The number of ether oxygens (including phenoxy) is 1. The zero-order valence-electron chi connectivity index (χ0n) is 13.1. The minimum atomic E-state index is 0.00515. The van der Waals surface area contributed by atoms with Gasteiger partial charge in [-0.05, 0) is 59.9 Å². The van der Waals surface area contributed by atoms with Gasteiger partial charge in [0.2, 0.25) is 0 Å². The first-order valence-electron chi connectivity index (χ1n) is 8.36. The van der Waals surface area contributed by atoms with Gasteiger partial charge in [0, 0.05) is 12.3 Å². The quantitative estimate of drug-likeness (QED) is 0.675. The van der Waals surface area contributed by atoms with E-state index in [2.05, 4.69) is 13.8 Å². The van der Waals surface area contributed by atoms with E-state index in [1.165, 1.54) is 43.5 Å². The molecule has 2 aliphatic carbocycles. The largest absolute Gasteiger partial charge is 0.355 e. The Bertz CT molecular complexity index is 444. The lowest BCUT2D eigenvalue weighted by molar-refractivity contribution is -0.119. The maximum atomic E-state index is 11.6. The summed E-state index contributed by atoms with van der Waals surface area (Å²) in [5, 5.41) is 0. The second-order valence-corrected chi connectivity index (χ2v) is 11.3. The maximum Gasteiger partial charge on any atom is 0.161 e. The SMILES string of the molecule is CC1(C)C[C@H]2C[C@@H](C=O)[C@@H]3COC4(C[C@]23C1)SCCCS4. The van der Waals surface area contributed by atoms with Crippen molar-refractivity contribution >= 4 is 29.8 Å². The van der Waals surface area contributed by atoms with E-state index >= 15 is 0 Å². The first-order valence-corrected chi connectivity index (χ1v) is 10.3. The molecular weight excluding hydrogens is 300 g/mol. The molecule has 21 heavy (non-hydrogen) atoms. The molecule has 0 aromatic carbocycles. The van der Waals surface area contributed by atoms with Gasteiger partial charge in [-0.15, -0.1) is 23.5 Å². The lowest BCUT2D eigenvalue weighted by Gasteiger charge is -2.51. The lowest BCUT2D eigenvalue weighted by atomic mass is 9.67. The van der Waals surface area contributed by atoms with E-state index in [0.29, 0.717) is 16.7 Å². The van der Waals surface area contributed by atoms with Gasteiger partial charge < -0.3 is 9.53 Å². The molecule has 2 nitrogen and oxygen atoms in total. The summed E-state index contributed by atoms with van der Waals surface area (Å²) in [5.74, 6) is 3.95. The summed E-state index contributed by atoms with van der Waals surface area (Å²) in [5.41, 5.74) is 0.823. The topological polar surface area (TPSA) is 26.3 Å². The molecule has 0 unspecified atom stereocenters. The van der Waals surface area contributed by atoms with Crippen LogP contribution in [0.15, 0.2) is 0 Å². The van der Waals surface area contributed by atoms with Gasteiger partial charge in [0.1, 0.15) is 6.29 Å². The summed E-state index contributed by atoms with van der Waals surface area (Å²) in [4.78, 5) is 11.6. The van der Waals surface area contributed by atoms with Crippen LogP contribution in [-0.2, 0) is 9.53 Å². The molecule has 4 fully saturated rings. The standard InChI is InChI=1S/C17H26O2S2/c1-15(2)7-13-6-12(8-18)14-9-19-17(11-16(13,14)10-15)20-4-3-5-21-17/h8,12-14H,3-7,9-11H2,1-2H3/t12-,13+,14-,16+/m0/s1. The van der Waals surface area contributed by atoms with E-state index in [4.69, 9.17) is 4.74 Å². The van der Waals surface area contributed by atoms with Crippen molar-refractivity contribution in [3.05, 3.63) is 0 Å². The molecule has 2 saturated heterocycles. The third kappa shape index (κ3) is 2.23. The molecule has 0 N–H and O–H groups in total. The number of hydrogen-bond donors (Lipinski definition) is 0. The van der Waals surface area contributed by atoms with Gasteiger partial charge in [0.25, 0.3) is 0 Å². The fourth-order valence-electron chi connectivity index (χ4n) is 5.84. The van der Waals surface area contributed by atoms with Crippen LogP contribution in [0.2, 0.25) is 0 Å². The molecule has 2 spiro atoms. The second kappa shape index (κ2) is 4.91. The van der Waals surface area contributed by atoms with Crippen molar-refractivity contribution in [3.63, 3.8) is 0 Å². The van der Waals surface area contributed by atoms with Crippen LogP contribution in [0.5, 0.6) is 0 Å². The third-order valence-electron chi connectivity index (χ3n) is 6.37. The minimum absolute atomic E-state index is 0.00515. The smallest absolute Gasteiger partial charge is 0.161 e. The molecule has 4 aliphatic rings. The van der Waals surface area contributed by atoms with Gasteiger partial charge in [0.15, 0.2) is 4.27 Å². The summed E-state index contributed by atoms with van der Waals surface area (Å²) in [6.07, 6.45) is 7.44. The third-order valence-corrected chi connectivity index (χ3v) is 9.46. The van der Waals surface area contributed by atoms with E-state index < -0.39 is 0 Å². The molecule has 0 aromatic heterocycles. The van der Waals surface area contributed by atoms with Gasteiger partial charge in [-0.3, -0.25) is 0 Å². The van der Waals surface area contributed by atoms with Gasteiger partial charge in [-0.1, -0.05) is 13.8 Å². The zero-order chi connectivity index (χ0) is 14.7. The summed E-state index contributed by atoms with van der Waals surface area (Å²) in [6.45, 7) is 5.67. The van der Waals surface area contributed by atoms with Crippen LogP contribution < -0.4 is 0 Å². The zero-order valence-corrected chi connectivity index (χ0v) is 14.7. The molecule has 0 amide bonds. The summed E-state index contributed by atoms with van der Waals surface area (Å²) in [7, 11) is 0. The van der Waals surface area contributed by atoms with Crippen LogP contribution in [0.3, 0.4) is 0 Å². The maximum absolute atomic E-state index is 11.6. The Labute approximate surface area is 136 Å². The molecule has 118 valence electrons. The lowest BCUT2D eigenvalue weighted by Crippen LogP contribution is -2.48. The van der Waals surface area contributed by atoms with Crippen LogP contribution in [-0.4, -0.2) is 28.7 Å².